The summed E-state index contributed by atoms with van der Waals surface area (Å²) in [5, 5.41) is 0. The molecule has 4 nitrogen and oxygen atoms in total. The van der Waals surface area contributed by atoms with Gasteiger partial charge in [-0.3, -0.25) is 9.59 Å². The van der Waals surface area contributed by atoms with Crippen molar-refractivity contribution < 1.29 is 18.0 Å². The lowest BCUT2D eigenvalue weighted by Crippen LogP contribution is -2.22. The number of Topliss-reactive ketones (excluding diaryl/α,β-unsaturated/α-hetero) is 2. The van der Waals surface area contributed by atoms with Crippen molar-refractivity contribution in [3.63, 3.8) is 0 Å². The Balaban J connectivity index is 1.96. The van der Waals surface area contributed by atoms with Crippen molar-refractivity contribution in [2.45, 2.75) is 37.0 Å². The summed E-state index contributed by atoms with van der Waals surface area (Å²) in [4.78, 5) is 23.4. The van der Waals surface area contributed by atoms with Crippen molar-refractivity contribution >= 4 is 21.4 Å². The smallest absolute Gasteiger partial charge is 0.185 e. The summed E-state index contributed by atoms with van der Waals surface area (Å²) in [5.74, 6) is -0.565. The van der Waals surface area contributed by atoms with Crippen LogP contribution in [0.2, 0.25) is 0 Å². The third kappa shape index (κ3) is 4.00. The summed E-state index contributed by atoms with van der Waals surface area (Å²) >= 11 is 0. The first kappa shape index (κ1) is 14.9. The van der Waals surface area contributed by atoms with Crippen LogP contribution in [0, 0.1) is 5.92 Å². The molecule has 1 atom stereocenters. The number of hydrogen-bond donors (Lipinski definition) is 0. The first-order valence-corrected chi connectivity index (χ1v) is 8.44. The maximum atomic E-state index is 12.1. The lowest BCUT2D eigenvalue weighted by Gasteiger charge is -2.19. The molecule has 0 spiro atoms. The van der Waals surface area contributed by atoms with Gasteiger partial charge >= 0.3 is 0 Å². The number of rotatable bonds is 5. The molecule has 0 N–H and O–H groups in total. The fourth-order valence-electron chi connectivity index (χ4n) is 2.59. The van der Waals surface area contributed by atoms with Gasteiger partial charge in [0.2, 0.25) is 0 Å². The second-order valence-corrected chi connectivity index (χ2v) is 7.31. The van der Waals surface area contributed by atoms with Gasteiger partial charge in [0.1, 0.15) is 17.3 Å². The van der Waals surface area contributed by atoms with E-state index in [9.17, 15) is 18.0 Å². The molecule has 1 unspecified atom stereocenters. The molecule has 0 aromatic heterocycles. The summed E-state index contributed by atoms with van der Waals surface area (Å²) in [6.07, 6.45) is 2.84. The number of ketones is 2. The van der Waals surface area contributed by atoms with Crippen LogP contribution in [0.4, 0.5) is 0 Å². The summed E-state index contributed by atoms with van der Waals surface area (Å²) in [7, 11) is -3.56. The molecule has 108 valence electrons. The highest BCUT2D eigenvalue weighted by Crippen LogP contribution is 2.25. The lowest BCUT2D eigenvalue weighted by molar-refractivity contribution is -0.122. The van der Waals surface area contributed by atoms with E-state index < -0.39 is 15.6 Å². The molecule has 1 fully saturated rings. The summed E-state index contributed by atoms with van der Waals surface area (Å²) in [6, 6.07) is 7.99. The van der Waals surface area contributed by atoms with Gasteiger partial charge in [-0.15, -0.1) is 0 Å². The highest BCUT2D eigenvalue weighted by Gasteiger charge is 2.25. The first-order valence-electron chi connectivity index (χ1n) is 6.78. The van der Waals surface area contributed by atoms with E-state index in [0.29, 0.717) is 12.8 Å². The molecule has 1 aliphatic carbocycles. The van der Waals surface area contributed by atoms with Crippen LogP contribution in [-0.2, 0) is 19.4 Å². The first-order chi connectivity index (χ1) is 9.47. The predicted octanol–water partition coefficient (Wildman–Crippen LogP) is 2.18. The zero-order chi connectivity index (χ0) is 14.6. The number of sulfone groups is 1. The van der Waals surface area contributed by atoms with E-state index in [0.717, 1.165) is 12.8 Å². The highest BCUT2D eigenvalue weighted by atomic mass is 32.2. The lowest BCUT2D eigenvalue weighted by atomic mass is 9.85. The van der Waals surface area contributed by atoms with Crippen molar-refractivity contribution in [3.8, 4) is 0 Å². The zero-order valence-electron chi connectivity index (χ0n) is 11.2. The van der Waals surface area contributed by atoms with Crippen LogP contribution in [0.1, 0.15) is 32.1 Å². The SMILES string of the molecule is O=C1CCCC(CC(=O)CS(=O)(=O)c2ccccc2)C1. The minimum atomic E-state index is -3.56. The molecular weight excluding hydrogens is 276 g/mol. The molecule has 0 bridgehead atoms. The zero-order valence-corrected chi connectivity index (χ0v) is 12.1. The van der Waals surface area contributed by atoms with Gasteiger partial charge in [-0.2, -0.15) is 0 Å². The fourth-order valence-corrected chi connectivity index (χ4v) is 3.87. The van der Waals surface area contributed by atoms with Gasteiger partial charge in [0.05, 0.1) is 4.90 Å². The second kappa shape index (κ2) is 6.31. The van der Waals surface area contributed by atoms with Gasteiger partial charge in [0.15, 0.2) is 9.84 Å². The summed E-state index contributed by atoms with van der Waals surface area (Å²) in [6.45, 7) is 0. The quantitative estimate of drug-likeness (QED) is 0.834. The minimum Gasteiger partial charge on any atom is -0.300 e. The Labute approximate surface area is 119 Å². The molecule has 1 aromatic carbocycles. The Kier molecular flexibility index (Phi) is 4.70. The van der Waals surface area contributed by atoms with Crippen LogP contribution in [0.3, 0.4) is 0 Å². The van der Waals surface area contributed by atoms with E-state index in [1.165, 1.54) is 12.1 Å². The van der Waals surface area contributed by atoms with Crippen LogP contribution in [0.25, 0.3) is 0 Å². The van der Waals surface area contributed by atoms with Gasteiger partial charge in [-0.25, -0.2) is 8.42 Å². The fraction of sp³-hybridized carbons (Fsp3) is 0.467. The maximum Gasteiger partial charge on any atom is 0.185 e. The Morgan fingerprint density at radius 2 is 1.90 bits per heavy atom. The van der Waals surface area contributed by atoms with Crippen LogP contribution in [0.5, 0.6) is 0 Å². The normalized spacial score (nSPS) is 19.8. The third-order valence-corrected chi connectivity index (χ3v) is 5.25. The Morgan fingerprint density at radius 1 is 1.20 bits per heavy atom. The Hall–Kier alpha value is -1.49. The number of carbonyl (C=O) groups is 2. The minimum absolute atomic E-state index is 0.0229. The molecule has 0 amide bonds. The average molecular weight is 294 g/mol. The topological polar surface area (TPSA) is 68.3 Å². The van der Waals surface area contributed by atoms with Crippen molar-refractivity contribution in [2.75, 3.05) is 5.75 Å². The van der Waals surface area contributed by atoms with Crippen molar-refractivity contribution in [3.05, 3.63) is 30.3 Å². The van der Waals surface area contributed by atoms with Crippen molar-refractivity contribution in [1.29, 1.82) is 0 Å². The summed E-state index contributed by atoms with van der Waals surface area (Å²) in [5.41, 5.74) is 0. The van der Waals surface area contributed by atoms with Crippen LogP contribution in [0.15, 0.2) is 35.2 Å². The monoisotopic (exact) mass is 294 g/mol. The number of benzene rings is 1. The molecule has 2 rings (SSSR count). The molecule has 5 heteroatoms. The standard InChI is InChI=1S/C15H18O4S/c16-13-6-4-5-12(9-13)10-14(17)11-20(18,19)15-7-2-1-3-8-15/h1-3,7-8,12H,4-6,9-11H2. The van der Waals surface area contributed by atoms with Gasteiger partial charge in [0, 0.05) is 19.3 Å². The number of carbonyl (C=O) groups excluding carboxylic acids is 2. The molecule has 0 saturated heterocycles. The Morgan fingerprint density at radius 3 is 2.55 bits per heavy atom. The molecule has 1 aliphatic rings. The molecule has 1 saturated carbocycles. The summed E-state index contributed by atoms with van der Waals surface area (Å²) < 4.78 is 24.1. The molecule has 0 heterocycles. The Bertz CT molecular complexity index is 590. The van der Waals surface area contributed by atoms with E-state index in [-0.39, 0.29) is 28.8 Å². The second-order valence-electron chi connectivity index (χ2n) is 5.32. The highest BCUT2D eigenvalue weighted by molar-refractivity contribution is 7.92. The van der Waals surface area contributed by atoms with Gasteiger partial charge < -0.3 is 0 Å². The van der Waals surface area contributed by atoms with Crippen LogP contribution >= 0.6 is 0 Å². The largest absolute Gasteiger partial charge is 0.300 e. The van der Waals surface area contributed by atoms with E-state index in [1.807, 2.05) is 0 Å². The van der Waals surface area contributed by atoms with E-state index >= 15 is 0 Å². The van der Waals surface area contributed by atoms with Crippen molar-refractivity contribution in [1.82, 2.24) is 0 Å². The molecule has 1 aromatic rings. The molecule has 0 aliphatic heterocycles. The molecule has 20 heavy (non-hydrogen) atoms. The van der Waals surface area contributed by atoms with Crippen LogP contribution < -0.4 is 0 Å². The van der Waals surface area contributed by atoms with Gasteiger partial charge in [-0.1, -0.05) is 18.2 Å². The average Bonchev–Trinajstić information content (AvgIpc) is 2.39. The number of hydrogen-bond acceptors (Lipinski definition) is 4. The van der Waals surface area contributed by atoms with Gasteiger partial charge in [0.25, 0.3) is 0 Å². The van der Waals surface area contributed by atoms with E-state index in [2.05, 4.69) is 0 Å². The third-order valence-electron chi connectivity index (χ3n) is 3.55. The molecular formula is C15H18O4S. The van der Waals surface area contributed by atoms with Crippen LogP contribution in [-0.4, -0.2) is 25.7 Å². The van der Waals surface area contributed by atoms with E-state index in [1.54, 1.807) is 18.2 Å². The van der Waals surface area contributed by atoms with Crippen molar-refractivity contribution in [2.24, 2.45) is 5.92 Å². The predicted molar refractivity (Wildman–Crippen MR) is 75.1 cm³/mol. The van der Waals surface area contributed by atoms with Gasteiger partial charge in [-0.05, 0) is 30.9 Å². The maximum absolute atomic E-state index is 12.1. The van der Waals surface area contributed by atoms with E-state index in [4.69, 9.17) is 0 Å². The molecule has 0 radical (unpaired) electrons.